The third-order valence-corrected chi connectivity index (χ3v) is 2.13. The Labute approximate surface area is 78.5 Å². The smallest absolute Gasteiger partial charge is 0.351 e. The second-order valence-corrected chi connectivity index (χ2v) is 3.16. The van der Waals surface area contributed by atoms with E-state index in [0.717, 1.165) is 0 Å². The number of hydrogen-bond donors (Lipinski definition) is 2. The summed E-state index contributed by atoms with van der Waals surface area (Å²) in [6.07, 6.45) is 2.84. The minimum atomic E-state index is -1.15. The zero-order valence-electron chi connectivity index (χ0n) is 6.85. The highest BCUT2D eigenvalue weighted by atomic mass is 32.1. The van der Waals surface area contributed by atoms with Gasteiger partial charge < -0.3 is 15.6 Å². The summed E-state index contributed by atoms with van der Waals surface area (Å²) in [6, 6.07) is 0. The van der Waals surface area contributed by atoms with Gasteiger partial charge in [0.2, 0.25) is 0 Å². The number of aromatic nitrogens is 1. The van der Waals surface area contributed by atoms with Crippen molar-refractivity contribution < 1.29 is 14.6 Å². The summed E-state index contributed by atoms with van der Waals surface area (Å²) < 4.78 is 4.83. The van der Waals surface area contributed by atoms with Gasteiger partial charge in [-0.1, -0.05) is 11.3 Å². The first kappa shape index (κ1) is 9.53. The predicted molar refractivity (Wildman–Crippen MR) is 48.5 cm³/mol. The van der Waals surface area contributed by atoms with Crippen LogP contribution in [0.4, 0.5) is 0 Å². The van der Waals surface area contributed by atoms with Gasteiger partial charge in [-0.3, -0.25) is 0 Å². The molecule has 13 heavy (non-hydrogen) atoms. The Hall–Kier alpha value is -1.56. The van der Waals surface area contributed by atoms with E-state index in [9.17, 15) is 4.79 Å². The molecule has 0 fully saturated rings. The van der Waals surface area contributed by atoms with Crippen LogP contribution in [0.15, 0.2) is 11.9 Å². The molecule has 1 aromatic rings. The molecule has 3 N–H and O–H groups in total. The maximum atomic E-state index is 10.3. The average Bonchev–Trinajstić information content (AvgIpc) is 2.52. The zero-order chi connectivity index (χ0) is 9.84. The van der Waals surface area contributed by atoms with E-state index in [0.29, 0.717) is 10.1 Å². The number of carboxylic acids is 1. The van der Waals surface area contributed by atoms with Crippen LogP contribution in [0.3, 0.4) is 0 Å². The molecule has 0 unspecified atom stereocenters. The average molecular weight is 200 g/mol. The van der Waals surface area contributed by atoms with Gasteiger partial charge >= 0.3 is 5.97 Å². The molecule has 0 amide bonds. The number of nitrogens with two attached hydrogens (primary N) is 1. The van der Waals surface area contributed by atoms with Gasteiger partial charge in [-0.2, -0.15) is 0 Å². The second kappa shape index (κ2) is 3.90. The highest BCUT2D eigenvalue weighted by Crippen LogP contribution is 2.21. The Morgan fingerprint density at radius 2 is 2.54 bits per heavy atom. The van der Waals surface area contributed by atoms with Crippen LogP contribution in [0, 0.1) is 0 Å². The molecule has 1 rings (SSSR count). The summed E-state index contributed by atoms with van der Waals surface area (Å²) >= 11 is 1.23. The van der Waals surface area contributed by atoms with Crippen LogP contribution < -0.4 is 10.5 Å². The number of rotatable bonds is 3. The SMILES string of the molecule is COc1ncc(/C=C(/N)C(=O)O)s1. The molecule has 0 aliphatic carbocycles. The van der Waals surface area contributed by atoms with E-state index >= 15 is 0 Å². The number of hydrogen-bond acceptors (Lipinski definition) is 5. The summed E-state index contributed by atoms with van der Waals surface area (Å²) in [4.78, 5) is 14.8. The lowest BCUT2D eigenvalue weighted by molar-refractivity contribution is -0.132. The van der Waals surface area contributed by atoms with E-state index in [1.54, 1.807) is 0 Å². The first-order chi connectivity index (χ1) is 6.13. The highest BCUT2D eigenvalue weighted by molar-refractivity contribution is 7.14. The number of nitrogens with zero attached hydrogens (tertiary/aromatic N) is 1. The summed E-state index contributed by atoms with van der Waals surface area (Å²) in [6.45, 7) is 0. The van der Waals surface area contributed by atoms with Crippen LogP contribution in [0.1, 0.15) is 4.88 Å². The van der Waals surface area contributed by atoms with Gasteiger partial charge in [-0.15, -0.1) is 0 Å². The van der Waals surface area contributed by atoms with Gasteiger partial charge in [-0.25, -0.2) is 9.78 Å². The molecule has 0 saturated heterocycles. The minimum absolute atomic E-state index is 0.216. The molecule has 0 radical (unpaired) electrons. The molecule has 0 aliphatic rings. The van der Waals surface area contributed by atoms with E-state index in [1.165, 1.54) is 30.7 Å². The first-order valence-corrected chi connectivity index (χ1v) is 4.15. The standard InChI is InChI=1S/C7H8N2O3S/c1-12-7-9-3-4(13-7)2-5(8)6(10)11/h2-3H,8H2,1H3,(H,10,11)/b5-2+. The molecule has 0 aliphatic heterocycles. The molecule has 5 nitrogen and oxygen atoms in total. The lowest BCUT2D eigenvalue weighted by atomic mass is 10.4. The molecule has 0 aromatic carbocycles. The number of aliphatic carboxylic acids is 1. The van der Waals surface area contributed by atoms with Crippen molar-refractivity contribution in [2.24, 2.45) is 5.73 Å². The maximum Gasteiger partial charge on any atom is 0.351 e. The number of methoxy groups -OCH3 is 1. The quantitative estimate of drug-likeness (QED) is 0.695. The highest BCUT2D eigenvalue weighted by Gasteiger charge is 2.03. The van der Waals surface area contributed by atoms with Gasteiger partial charge in [-0.05, 0) is 6.08 Å². The number of ether oxygens (including phenoxy) is 1. The molecule has 1 aromatic heterocycles. The number of carbonyl (C=O) groups is 1. The normalized spacial score (nSPS) is 11.3. The monoisotopic (exact) mass is 200 g/mol. The summed E-state index contributed by atoms with van der Waals surface area (Å²) in [5, 5.41) is 8.94. The lowest BCUT2D eigenvalue weighted by Gasteiger charge is -1.90. The topological polar surface area (TPSA) is 85.4 Å². The molecule has 0 saturated carbocycles. The predicted octanol–water partition coefficient (Wildman–Crippen LogP) is 0.536. The largest absolute Gasteiger partial charge is 0.477 e. The van der Waals surface area contributed by atoms with E-state index in [4.69, 9.17) is 15.6 Å². The van der Waals surface area contributed by atoms with Gasteiger partial charge in [0.15, 0.2) is 0 Å². The Kier molecular flexibility index (Phi) is 2.86. The Morgan fingerprint density at radius 3 is 3.00 bits per heavy atom. The van der Waals surface area contributed by atoms with Crippen molar-refractivity contribution in [2.75, 3.05) is 7.11 Å². The number of carboxylic acid groups (broad SMARTS) is 1. The Morgan fingerprint density at radius 1 is 1.85 bits per heavy atom. The van der Waals surface area contributed by atoms with Gasteiger partial charge in [0.25, 0.3) is 5.19 Å². The fraction of sp³-hybridized carbons (Fsp3) is 0.143. The maximum absolute atomic E-state index is 10.3. The van der Waals surface area contributed by atoms with E-state index < -0.39 is 5.97 Å². The molecule has 0 atom stereocenters. The number of thiazole rings is 1. The zero-order valence-corrected chi connectivity index (χ0v) is 7.67. The Balaban J connectivity index is 2.84. The fourth-order valence-corrected chi connectivity index (χ4v) is 1.33. The van der Waals surface area contributed by atoms with Crippen LogP contribution in [-0.4, -0.2) is 23.2 Å². The molecule has 1 heterocycles. The molecule has 0 bridgehead atoms. The Bertz CT molecular complexity index is 345. The molecular weight excluding hydrogens is 192 g/mol. The van der Waals surface area contributed by atoms with Crippen molar-refractivity contribution in [1.82, 2.24) is 4.98 Å². The van der Waals surface area contributed by atoms with Crippen LogP contribution in [0.25, 0.3) is 6.08 Å². The van der Waals surface area contributed by atoms with E-state index in [2.05, 4.69) is 4.98 Å². The molecule has 70 valence electrons. The lowest BCUT2D eigenvalue weighted by Crippen LogP contribution is -2.08. The van der Waals surface area contributed by atoms with Crippen molar-refractivity contribution in [1.29, 1.82) is 0 Å². The van der Waals surface area contributed by atoms with Crippen molar-refractivity contribution >= 4 is 23.4 Å². The van der Waals surface area contributed by atoms with Gasteiger partial charge in [0.1, 0.15) is 5.70 Å². The first-order valence-electron chi connectivity index (χ1n) is 3.33. The van der Waals surface area contributed by atoms with Crippen LogP contribution in [-0.2, 0) is 4.79 Å². The second-order valence-electron chi connectivity index (χ2n) is 2.14. The van der Waals surface area contributed by atoms with Crippen molar-refractivity contribution in [3.8, 4) is 5.19 Å². The fourth-order valence-electron chi connectivity index (χ4n) is 0.646. The van der Waals surface area contributed by atoms with E-state index in [-0.39, 0.29) is 5.70 Å². The van der Waals surface area contributed by atoms with Crippen LogP contribution in [0.5, 0.6) is 5.19 Å². The summed E-state index contributed by atoms with van der Waals surface area (Å²) in [5.74, 6) is -1.15. The van der Waals surface area contributed by atoms with Crippen molar-refractivity contribution in [3.63, 3.8) is 0 Å². The summed E-state index contributed by atoms with van der Waals surface area (Å²) in [7, 11) is 1.49. The third-order valence-electron chi connectivity index (χ3n) is 1.22. The minimum Gasteiger partial charge on any atom is -0.477 e. The van der Waals surface area contributed by atoms with Crippen molar-refractivity contribution in [3.05, 3.63) is 16.8 Å². The third kappa shape index (κ3) is 2.45. The summed E-state index contributed by atoms with van der Waals surface area (Å²) in [5.41, 5.74) is 4.98. The van der Waals surface area contributed by atoms with Crippen LogP contribution in [0.2, 0.25) is 0 Å². The van der Waals surface area contributed by atoms with Gasteiger partial charge in [0, 0.05) is 6.20 Å². The van der Waals surface area contributed by atoms with Gasteiger partial charge in [0.05, 0.1) is 12.0 Å². The molecule has 6 heteroatoms. The van der Waals surface area contributed by atoms with Crippen LogP contribution >= 0.6 is 11.3 Å². The molecule has 0 spiro atoms. The van der Waals surface area contributed by atoms with Crippen molar-refractivity contribution in [2.45, 2.75) is 0 Å². The van der Waals surface area contributed by atoms with E-state index in [1.807, 2.05) is 0 Å². The molecular formula is C7H8N2O3S.